The first-order valence-electron chi connectivity index (χ1n) is 5.55. The lowest BCUT2D eigenvalue weighted by Gasteiger charge is -1.97. The van der Waals surface area contributed by atoms with Crippen LogP contribution in [0.3, 0.4) is 0 Å². The SMILES string of the molecule is Nc1ncccc1-c1nc(-c2ccccc2F)no1. The molecule has 0 radical (unpaired) electrons. The molecular formula is C13H9FN4O. The first kappa shape index (κ1) is 11.3. The van der Waals surface area contributed by atoms with Crippen molar-refractivity contribution in [2.45, 2.75) is 0 Å². The average Bonchev–Trinajstić information content (AvgIpc) is 2.89. The van der Waals surface area contributed by atoms with Crippen LogP contribution in [0.2, 0.25) is 0 Å². The van der Waals surface area contributed by atoms with Crippen molar-refractivity contribution in [3.63, 3.8) is 0 Å². The van der Waals surface area contributed by atoms with E-state index in [0.717, 1.165) is 0 Å². The zero-order chi connectivity index (χ0) is 13.2. The summed E-state index contributed by atoms with van der Waals surface area (Å²) < 4.78 is 18.7. The lowest BCUT2D eigenvalue weighted by molar-refractivity contribution is 0.432. The molecule has 2 heterocycles. The molecule has 0 saturated carbocycles. The molecule has 0 bridgehead atoms. The molecule has 94 valence electrons. The monoisotopic (exact) mass is 256 g/mol. The number of hydrogen-bond donors (Lipinski definition) is 1. The quantitative estimate of drug-likeness (QED) is 0.762. The molecule has 0 aliphatic rings. The van der Waals surface area contributed by atoms with Crippen LogP contribution in [0.25, 0.3) is 22.8 Å². The van der Waals surface area contributed by atoms with Gasteiger partial charge in [0.15, 0.2) is 0 Å². The fraction of sp³-hybridized carbons (Fsp3) is 0. The molecule has 3 rings (SSSR count). The van der Waals surface area contributed by atoms with E-state index in [1.807, 2.05) is 0 Å². The Kier molecular flexibility index (Phi) is 2.68. The van der Waals surface area contributed by atoms with Gasteiger partial charge in [-0.2, -0.15) is 4.98 Å². The van der Waals surface area contributed by atoms with Crippen LogP contribution < -0.4 is 5.73 Å². The second-order valence-corrected chi connectivity index (χ2v) is 3.84. The molecular weight excluding hydrogens is 247 g/mol. The van der Waals surface area contributed by atoms with Gasteiger partial charge in [0.1, 0.15) is 11.6 Å². The minimum atomic E-state index is -0.408. The third-order valence-electron chi connectivity index (χ3n) is 2.61. The van der Waals surface area contributed by atoms with E-state index in [1.165, 1.54) is 6.07 Å². The Labute approximate surface area is 107 Å². The maximum atomic E-state index is 13.6. The lowest BCUT2D eigenvalue weighted by atomic mass is 10.2. The molecule has 3 aromatic rings. The van der Waals surface area contributed by atoms with Crippen molar-refractivity contribution < 1.29 is 8.91 Å². The zero-order valence-electron chi connectivity index (χ0n) is 9.75. The highest BCUT2D eigenvalue weighted by Gasteiger charge is 2.15. The highest BCUT2D eigenvalue weighted by molar-refractivity contribution is 5.68. The van der Waals surface area contributed by atoms with Gasteiger partial charge in [0.25, 0.3) is 5.89 Å². The first-order chi connectivity index (χ1) is 9.25. The summed E-state index contributed by atoms with van der Waals surface area (Å²) in [7, 11) is 0. The Hall–Kier alpha value is -2.76. The third-order valence-corrected chi connectivity index (χ3v) is 2.61. The number of rotatable bonds is 2. The van der Waals surface area contributed by atoms with E-state index in [2.05, 4.69) is 15.1 Å². The number of benzene rings is 1. The highest BCUT2D eigenvalue weighted by Crippen LogP contribution is 2.26. The van der Waals surface area contributed by atoms with E-state index in [1.54, 1.807) is 36.5 Å². The predicted molar refractivity (Wildman–Crippen MR) is 67.3 cm³/mol. The number of nitrogen functional groups attached to an aromatic ring is 1. The van der Waals surface area contributed by atoms with Gasteiger partial charge in [0, 0.05) is 6.20 Å². The molecule has 19 heavy (non-hydrogen) atoms. The average molecular weight is 256 g/mol. The first-order valence-corrected chi connectivity index (χ1v) is 5.55. The molecule has 2 N–H and O–H groups in total. The second kappa shape index (κ2) is 4.49. The van der Waals surface area contributed by atoms with E-state index in [-0.39, 0.29) is 23.1 Å². The van der Waals surface area contributed by atoms with E-state index >= 15 is 0 Å². The molecule has 1 aromatic carbocycles. The van der Waals surface area contributed by atoms with Crippen LogP contribution in [0, 0.1) is 5.82 Å². The predicted octanol–water partition coefficient (Wildman–Crippen LogP) is 2.52. The van der Waals surface area contributed by atoms with E-state index in [9.17, 15) is 4.39 Å². The van der Waals surface area contributed by atoms with Crippen LogP contribution in [0.4, 0.5) is 10.2 Å². The van der Waals surface area contributed by atoms with Gasteiger partial charge in [-0.15, -0.1) is 0 Å². The van der Waals surface area contributed by atoms with E-state index in [4.69, 9.17) is 10.3 Å². The molecule has 0 aliphatic carbocycles. The van der Waals surface area contributed by atoms with Crippen molar-refractivity contribution >= 4 is 5.82 Å². The molecule has 0 aliphatic heterocycles. The van der Waals surface area contributed by atoms with Gasteiger partial charge in [-0.3, -0.25) is 0 Å². The van der Waals surface area contributed by atoms with Crippen LogP contribution >= 0.6 is 0 Å². The maximum Gasteiger partial charge on any atom is 0.261 e. The van der Waals surface area contributed by atoms with Gasteiger partial charge in [-0.05, 0) is 24.3 Å². The fourth-order valence-corrected chi connectivity index (χ4v) is 1.68. The van der Waals surface area contributed by atoms with Gasteiger partial charge in [0.05, 0.1) is 11.1 Å². The Morgan fingerprint density at radius 1 is 1.05 bits per heavy atom. The fourth-order valence-electron chi connectivity index (χ4n) is 1.68. The molecule has 0 saturated heterocycles. The molecule has 0 unspecified atom stereocenters. The Morgan fingerprint density at radius 3 is 2.63 bits per heavy atom. The Bertz CT molecular complexity index is 666. The summed E-state index contributed by atoms with van der Waals surface area (Å²) in [4.78, 5) is 8.07. The molecule has 0 fully saturated rings. The summed E-state index contributed by atoms with van der Waals surface area (Å²) >= 11 is 0. The van der Waals surface area contributed by atoms with Crippen molar-refractivity contribution in [2.24, 2.45) is 0 Å². The summed E-state index contributed by atoms with van der Waals surface area (Å²) in [5.41, 5.74) is 6.52. The number of pyridine rings is 1. The summed E-state index contributed by atoms with van der Waals surface area (Å²) in [6, 6.07) is 9.63. The number of anilines is 1. The van der Waals surface area contributed by atoms with Crippen LogP contribution in [0.1, 0.15) is 0 Å². The molecule has 2 aromatic heterocycles. The third kappa shape index (κ3) is 2.03. The summed E-state index contributed by atoms with van der Waals surface area (Å²) in [6.45, 7) is 0. The summed E-state index contributed by atoms with van der Waals surface area (Å²) in [6.07, 6.45) is 1.56. The highest BCUT2D eigenvalue weighted by atomic mass is 19.1. The second-order valence-electron chi connectivity index (χ2n) is 3.84. The lowest BCUT2D eigenvalue weighted by Crippen LogP contribution is -1.93. The number of nitrogens with zero attached hydrogens (tertiary/aromatic N) is 3. The summed E-state index contributed by atoms with van der Waals surface area (Å²) in [5, 5.41) is 3.76. The zero-order valence-corrected chi connectivity index (χ0v) is 9.75. The van der Waals surface area contributed by atoms with Crippen molar-refractivity contribution in [3.05, 3.63) is 48.4 Å². The molecule has 0 atom stereocenters. The van der Waals surface area contributed by atoms with Crippen molar-refractivity contribution in [2.75, 3.05) is 5.73 Å². The molecule has 5 nitrogen and oxygen atoms in total. The van der Waals surface area contributed by atoms with E-state index < -0.39 is 5.82 Å². The van der Waals surface area contributed by atoms with Crippen LogP contribution in [0.5, 0.6) is 0 Å². The number of aromatic nitrogens is 3. The van der Waals surface area contributed by atoms with Gasteiger partial charge in [-0.1, -0.05) is 17.3 Å². The summed E-state index contributed by atoms with van der Waals surface area (Å²) in [5.74, 6) is 0.264. The van der Waals surface area contributed by atoms with Crippen molar-refractivity contribution in [1.82, 2.24) is 15.1 Å². The van der Waals surface area contributed by atoms with Crippen LogP contribution in [0.15, 0.2) is 47.1 Å². The number of halogens is 1. The normalized spacial score (nSPS) is 10.6. The topological polar surface area (TPSA) is 77.8 Å². The van der Waals surface area contributed by atoms with Gasteiger partial charge in [0.2, 0.25) is 5.82 Å². The minimum Gasteiger partial charge on any atom is -0.383 e. The smallest absolute Gasteiger partial charge is 0.261 e. The van der Waals surface area contributed by atoms with Crippen molar-refractivity contribution in [3.8, 4) is 22.8 Å². The standard InChI is InChI=1S/C13H9FN4O/c14-10-6-2-1-4-8(10)12-17-13(19-18-12)9-5-3-7-16-11(9)15/h1-7H,(H2,15,16). The molecule has 0 amide bonds. The molecule has 6 heteroatoms. The van der Waals surface area contributed by atoms with Crippen LogP contribution in [-0.4, -0.2) is 15.1 Å². The minimum absolute atomic E-state index is 0.177. The maximum absolute atomic E-state index is 13.6. The van der Waals surface area contributed by atoms with Crippen LogP contribution in [-0.2, 0) is 0 Å². The Balaban J connectivity index is 2.06. The van der Waals surface area contributed by atoms with Gasteiger partial charge in [-0.25, -0.2) is 9.37 Å². The van der Waals surface area contributed by atoms with E-state index in [0.29, 0.717) is 5.56 Å². The van der Waals surface area contributed by atoms with Gasteiger partial charge >= 0.3 is 0 Å². The number of hydrogen-bond acceptors (Lipinski definition) is 5. The Morgan fingerprint density at radius 2 is 1.84 bits per heavy atom. The molecule has 0 spiro atoms. The largest absolute Gasteiger partial charge is 0.383 e. The van der Waals surface area contributed by atoms with Gasteiger partial charge < -0.3 is 10.3 Å². The number of nitrogens with two attached hydrogens (primary N) is 1. The van der Waals surface area contributed by atoms with Crippen molar-refractivity contribution in [1.29, 1.82) is 0 Å².